The van der Waals surface area contributed by atoms with Crippen molar-refractivity contribution in [2.24, 2.45) is 5.92 Å². The normalized spacial score (nSPS) is 17.6. The molecule has 6 nitrogen and oxygen atoms in total. The number of rotatable bonds is 4. The maximum Gasteiger partial charge on any atom is 0.328 e. The van der Waals surface area contributed by atoms with Crippen LogP contribution in [0.1, 0.15) is 39.5 Å². The first kappa shape index (κ1) is 16.5. The van der Waals surface area contributed by atoms with Crippen LogP contribution in [0.4, 0.5) is 4.79 Å². The predicted molar refractivity (Wildman–Crippen MR) is 74.2 cm³/mol. The van der Waals surface area contributed by atoms with Gasteiger partial charge in [0.15, 0.2) is 5.78 Å². The molecule has 1 fully saturated rings. The summed E-state index contributed by atoms with van der Waals surface area (Å²) in [7, 11) is 1.30. The largest absolute Gasteiger partial charge is 0.467 e. The molecule has 0 unspecified atom stereocenters. The van der Waals surface area contributed by atoms with Crippen molar-refractivity contribution in [3.63, 3.8) is 0 Å². The molecular weight excluding hydrogens is 260 g/mol. The number of hydrogen-bond donors (Lipinski definition) is 1. The summed E-state index contributed by atoms with van der Waals surface area (Å²) in [5, 5.41) is 2.68. The standard InChI is InChI=1S/C14H24N2O4/c1-10(2)8-12(13(18)20-3)15-14(19)16-7-5-4-6-11(17)9-16/h10,12H,4-9H2,1-3H3,(H,15,19)/t12-/m1/s1. The monoisotopic (exact) mass is 284 g/mol. The summed E-state index contributed by atoms with van der Waals surface area (Å²) in [6, 6.07) is -1.03. The molecule has 6 heteroatoms. The van der Waals surface area contributed by atoms with Crippen molar-refractivity contribution in [2.75, 3.05) is 20.2 Å². The van der Waals surface area contributed by atoms with Crippen molar-refractivity contribution in [1.82, 2.24) is 10.2 Å². The number of Topliss-reactive ketones (excluding diaryl/α,β-unsaturated/α-hetero) is 1. The molecule has 1 heterocycles. The molecule has 1 atom stereocenters. The number of amides is 2. The lowest BCUT2D eigenvalue weighted by Crippen LogP contribution is -2.49. The third-order valence-corrected chi connectivity index (χ3v) is 3.28. The van der Waals surface area contributed by atoms with Crippen LogP contribution >= 0.6 is 0 Å². The van der Waals surface area contributed by atoms with Gasteiger partial charge in [-0.1, -0.05) is 13.8 Å². The number of hydrogen-bond acceptors (Lipinski definition) is 4. The highest BCUT2D eigenvalue weighted by Crippen LogP contribution is 2.10. The predicted octanol–water partition coefficient (Wildman–Crippen LogP) is 1.34. The maximum atomic E-state index is 12.2. The molecule has 2 amide bonds. The van der Waals surface area contributed by atoms with Gasteiger partial charge in [-0.15, -0.1) is 0 Å². The SMILES string of the molecule is COC(=O)[C@@H](CC(C)C)NC(=O)N1CCCCC(=O)C1. The molecule has 0 aliphatic carbocycles. The van der Waals surface area contributed by atoms with Crippen LogP contribution in [0.3, 0.4) is 0 Å². The second-order valence-electron chi connectivity index (χ2n) is 5.57. The summed E-state index contributed by atoms with van der Waals surface area (Å²) < 4.78 is 4.71. The molecule has 114 valence electrons. The quantitative estimate of drug-likeness (QED) is 0.790. The zero-order chi connectivity index (χ0) is 15.1. The lowest BCUT2D eigenvalue weighted by atomic mass is 10.0. The van der Waals surface area contributed by atoms with E-state index < -0.39 is 12.0 Å². The van der Waals surface area contributed by atoms with Gasteiger partial charge in [0.2, 0.25) is 0 Å². The van der Waals surface area contributed by atoms with Gasteiger partial charge in [-0.2, -0.15) is 0 Å². The van der Waals surface area contributed by atoms with Gasteiger partial charge < -0.3 is 15.0 Å². The molecule has 20 heavy (non-hydrogen) atoms. The fourth-order valence-corrected chi connectivity index (χ4v) is 2.24. The Kier molecular flexibility index (Phi) is 6.48. The van der Waals surface area contributed by atoms with Crippen LogP contribution in [-0.2, 0) is 14.3 Å². The summed E-state index contributed by atoms with van der Waals surface area (Å²) in [6.07, 6.45) is 2.66. The Morgan fingerprint density at radius 2 is 2.05 bits per heavy atom. The fraction of sp³-hybridized carbons (Fsp3) is 0.786. The summed E-state index contributed by atoms with van der Waals surface area (Å²) in [4.78, 5) is 36.9. The average molecular weight is 284 g/mol. The highest BCUT2D eigenvalue weighted by atomic mass is 16.5. The Morgan fingerprint density at radius 3 is 2.65 bits per heavy atom. The molecule has 0 aromatic carbocycles. The zero-order valence-corrected chi connectivity index (χ0v) is 12.5. The fourth-order valence-electron chi connectivity index (χ4n) is 2.24. The summed E-state index contributed by atoms with van der Waals surface area (Å²) >= 11 is 0. The second kappa shape index (κ2) is 7.87. The van der Waals surface area contributed by atoms with E-state index in [1.807, 2.05) is 13.8 Å². The molecule has 0 saturated carbocycles. The minimum absolute atomic E-state index is 0.0659. The van der Waals surface area contributed by atoms with Crippen molar-refractivity contribution in [2.45, 2.75) is 45.6 Å². The minimum Gasteiger partial charge on any atom is -0.467 e. The van der Waals surface area contributed by atoms with Gasteiger partial charge in [0.1, 0.15) is 6.04 Å². The van der Waals surface area contributed by atoms with E-state index in [9.17, 15) is 14.4 Å². The van der Waals surface area contributed by atoms with Gasteiger partial charge in [0, 0.05) is 13.0 Å². The smallest absolute Gasteiger partial charge is 0.328 e. The number of nitrogens with one attached hydrogen (secondary N) is 1. The van der Waals surface area contributed by atoms with E-state index in [2.05, 4.69) is 5.32 Å². The lowest BCUT2D eigenvalue weighted by molar-refractivity contribution is -0.143. The van der Waals surface area contributed by atoms with E-state index in [1.165, 1.54) is 12.0 Å². The van der Waals surface area contributed by atoms with Gasteiger partial charge in [-0.3, -0.25) is 4.79 Å². The Morgan fingerprint density at radius 1 is 1.35 bits per heavy atom. The Bertz CT molecular complexity index is 368. The van der Waals surface area contributed by atoms with E-state index in [0.29, 0.717) is 19.4 Å². The van der Waals surface area contributed by atoms with Gasteiger partial charge in [0.05, 0.1) is 13.7 Å². The van der Waals surface area contributed by atoms with Crippen LogP contribution in [0.5, 0.6) is 0 Å². The van der Waals surface area contributed by atoms with Crippen LogP contribution in [0, 0.1) is 5.92 Å². The minimum atomic E-state index is -0.661. The highest BCUT2D eigenvalue weighted by molar-refractivity contribution is 5.88. The van der Waals surface area contributed by atoms with E-state index in [4.69, 9.17) is 4.74 Å². The first-order valence-electron chi connectivity index (χ1n) is 7.09. The number of ketones is 1. The highest BCUT2D eigenvalue weighted by Gasteiger charge is 2.26. The van der Waals surface area contributed by atoms with Gasteiger partial charge in [-0.25, -0.2) is 9.59 Å². The molecule has 0 aromatic heterocycles. The third kappa shape index (κ3) is 5.19. The number of esters is 1. The van der Waals surface area contributed by atoms with Gasteiger partial charge >= 0.3 is 12.0 Å². The van der Waals surface area contributed by atoms with Crippen LogP contribution in [0.15, 0.2) is 0 Å². The molecule has 1 N–H and O–H groups in total. The zero-order valence-electron chi connectivity index (χ0n) is 12.5. The number of carbonyl (C=O) groups is 3. The molecule has 1 aliphatic rings. The summed E-state index contributed by atoms with van der Waals surface area (Å²) in [5.74, 6) is -0.130. The molecule has 1 rings (SSSR count). The summed E-state index contributed by atoms with van der Waals surface area (Å²) in [6.45, 7) is 4.61. The van der Waals surface area contributed by atoms with Crippen molar-refractivity contribution < 1.29 is 19.1 Å². The number of methoxy groups -OCH3 is 1. The lowest BCUT2D eigenvalue weighted by Gasteiger charge is -2.24. The third-order valence-electron chi connectivity index (χ3n) is 3.28. The molecule has 1 saturated heterocycles. The molecular formula is C14H24N2O4. The van der Waals surface area contributed by atoms with Crippen molar-refractivity contribution in [3.05, 3.63) is 0 Å². The number of likely N-dealkylation sites (tertiary alicyclic amines) is 1. The second-order valence-corrected chi connectivity index (χ2v) is 5.57. The molecule has 0 radical (unpaired) electrons. The number of ether oxygens (including phenoxy) is 1. The van der Waals surface area contributed by atoms with E-state index >= 15 is 0 Å². The molecule has 0 spiro atoms. The average Bonchev–Trinajstić information content (AvgIpc) is 2.61. The van der Waals surface area contributed by atoms with Gasteiger partial charge in [0.25, 0.3) is 0 Å². The maximum absolute atomic E-state index is 12.2. The Balaban J connectivity index is 2.64. The Labute approximate surface area is 119 Å². The van der Waals surface area contributed by atoms with Crippen molar-refractivity contribution >= 4 is 17.8 Å². The van der Waals surface area contributed by atoms with Gasteiger partial charge in [-0.05, 0) is 25.2 Å². The van der Waals surface area contributed by atoms with Crippen LogP contribution < -0.4 is 5.32 Å². The first-order valence-corrected chi connectivity index (χ1v) is 7.09. The van der Waals surface area contributed by atoms with Crippen molar-refractivity contribution in [3.8, 4) is 0 Å². The topological polar surface area (TPSA) is 75.7 Å². The number of urea groups is 1. The Hall–Kier alpha value is -1.59. The van der Waals surface area contributed by atoms with Crippen LogP contribution in [-0.4, -0.2) is 48.9 Å². The van der Waals surface area contributed by atoms with E-state index in [-0.39, 0.29) is 24.3 Å². The first-order chi connectivity index (χ1) is 9.43. The molecule has 1 aliphatic heterocycles. The molecule has 0 aromatic rings. The van der Waals surface area contributed by atoms with Crippen LogP contribution in [0.2, 0.25) is 0 Å². The van der Waals surface area contributed by atoms with E-state index in [0.717, 1.165) is 12.8 Å². The van der Waals surface area contributed by atoms with Crippen LogP contribution in [0.25, 0.3) is 0 Å². The molecule has 0 bridgehead atoms. The number of carbonyl (C=O) groups excluding carboxylic acids is 3. The number of nitrogens with zero attached hydrogens (tertiary/aromatic N) is 1. The summed E-state index contributed by atoms with van der Waals surface area (Å²) in [5.41, 5.74) is 0. The van der Waals surface area contributed by atoms with E-state index in [1.54, 1.807) is 0 Å². The van der Waals surface area contributed by atoms with Crippen molar-refractivity contribution in [1.29, 1.82) is 0 Å².